The van der Waals surface area contributed by atoms with Crippen LogP contribution < -0.4 is 5.32 Å². The lowest BCUT2D eigenvalue weighted by Gasteiger charge is -2.39. The Morgan fingerprint density at radius 3 is 2.83 bits per heavy atom. The van der Waals surface area contributed by atoms with Gasteiger partial charge in [0.1, 0.15) is 10.7 Å². The molecule has 1 aliphatic rings. The molecular formula is C22H27N5OS. The predicted octanol–water partition coefficient (Wildman–Crippen LogP) is 3.99. The summed E-state index contributed by atoms with van der Waals surface area (Å²) in [5.74, 6) is 0.0250. The highest BCUT2D eigenvalue weighted by molar-refractivity contribution is 7.13. The molecule has 152 valence electrons. The molecule has 2 atom stereocenters. The largest absolute Gasteiger partial charge is 0.332 e. The number of aromatic nitrogens is 3. The van der Waals surface area contributed by atoms with E-state index in [2.05, 4.69) is 36.2 Å². The van der Waals surface area contributed by atoms with Gasteiger partial charge in [0.05, 0.1) is 11.9 Å². The minimum absolute atomic E-state index is 0.0250. The molecule has 3 heterocycles. The molecule has 29 heavy (non-hydrogen) atoms. The molecule has 0 radical (unpaired) electrons. The molecule has 3 aromatic rings. The van der Waals surface area contributed by atoms with Crippen molar-refractivity contribution in [3.63, 3.8) is 0 Å². The van der Waals surface area contributed by atoms with Crippen molar-refractivity contribution in [1.82, 2.24) is 25.0 Å². The van der Waals surface area contributed by atoms with Crippen LogP contribution in [0.5, 0.6) is 0 Å². The van der Waals surface area contributed by atoms with Gasteiger partial charge in [-0.3, -0.25) is 4.79 Å². The van der Waals surface area contributed by atoms with Crippen LogP contribution in [0.15, 0.2) is 48.1 Å². The number of rotatable bonds is 5. The summed E-state index contributed by atoms with van der Waals surface area (Å²) in [6, 6.07) is 10.8. The van der Waals surface area contributed by atoms with Crippen LogP contribution in [0.3, 0.4) is 0 Å². The van der Waals surface area contributed by atoms with E-state index in [9.17, 15) is 4.79 Å². The quantitative estimate of drug-likeness (QED) is 0.692. The summed E-state index contributed by atoms with van der Waals surface area (Å²) >= 11 is 1.49. The lowest BCUT2D eigenvalue weighted by molar-refractivity contribution is 0.0539. The van der Waals surface area contributed by atoms with Gasteiger partial charge < -0.3 is 10.2 Å². The van der Waals surface area contributed by atoms with E-state index in [0.29, 0.717) is 11.7 Å². The first-order valence-corrected chi connectivity index (χ1v) is 11.0. The zero-order valence-electron chi connectivity index (χ0n) is 17.1. The number of para-hydroxylation sites is 1. The second kappa shape index (κ2) is 8.47. The van der Waals surface area contributed by atoms with Crippen molar-refractivity contribution in [2.24, 2.45) is 0 Å². The number of benzene rings is 1. The molecule has 1 fully saturated rings. The Balaban J connectivity index is 1.55. The third kappa shape index (κ3) is 4.26. The van der Waals surface area contributed by atoms with Gasteiger partial charge in [0.2, 0.25) is 0 Å². The minimum Gasteiger partial charge on any atom is -0.332 e. The highest BCUT2D eigenvalue weighted by atomic mass is 32.1. The van der Waals surface area contributed by atoms with Crippen molar-refractivity contribution in [3.8, 4) is 16.3 Å². The molecule has 1 N–H and O–H groups in total. The molecule has 0 aliphatic carbocycles. The van der Waals surface area contributed by atoms with Crippen LogP contribution in [0.2, 0.25) is 0 Å². The standard InChI is InChI=1S/C22H27N5OS/c1-15(2)27(19-9-10-23-16(3)11-19)22(28)20-14-29-21(25-20)17-12-24-26(13-17)18-7-5-4-6-8-18/h4-8,12-16,19,23H,9-11H2,1-3H3. The smallest absolute Gasteiger partial charge is 0.273 e. The van der Waals surface area contributed by atoms with Crippen molar-refractivity contribution in [2.45, 2.75) is 51.7 Å². The van der Waals surface area contributed by atoms with Gasteiger partial charge >= 0.3 is 0 Å². The highest BCUT2D eigenvalue weighted by Gasteiger charge is 2.31. The Bertz CT molecular complexity index is 965. The van der Waals surface area contributed by atoms with Crippen LogP contribution >= 0.6 is 11.3 Å². The second-order valence-corrected chi connectivity index (χ2v) is 8.74. The van der Waals surface area contributed by atoms with E-state index in [-0.39, 0.29) is 18.0 Å². The van der Waals surface area contributed by atoms with E-state index in [1.807, 2.05) is 51.5 Å². The van der Waals surface area contributed by atoms with Crippen LogP contribution in [-0.2, 0) is 0 Å². The summed E-state index contributed by atoms with van der Waals surface area (Å²) in [4.78, 5) is 20.0. The molecule has 2 aromatic heterocycles. The molecule has 0 saturated carbocycles. The monoisotopic (exact) mass is 409 g/mol. The zero-order chi connectivity index (χ0) is 20.4. The Kier molecular flexibility index (Phi) is 5.78. The minimum atomic E-state index is 0.0250. The van der Waals surface area contributed by atoms with Crippen molar-refractivity contribution in [1.29, 1.82) is 0 Å². The zero-order valence-corrected chi connectivity index (χ0v) is 17.9. The maximum Gasteiger partial charge on any atom is 0.273 e. The van der Waals surface area contributed by atoms with Crippen LogP contribution in [-0.4, -0.2) is 50.2 Å². The van der Waals surface area contributed by atoms with Gasteiger partial charge in [0.15, 0.2) is 0 Å². The number of carbonyl (C=O) groups excluding carboxylic acids is 1. The fraction of sp³-hybridized carbons (Fsp3) is 0.409. The molecule has 2 unspecified atom stereocenters. The molecule has 1 aliphatic heterocycles. The van der Waals surface area contributed by atoms with E-state index in [1.54, 1.807) is 6.20 Å². The van der Waals surface area contributed by atoms with Gasteiger partial charge in [-0.2, -0.15) is 5.10 Å². The van der Waals surface area contributed by atoms with Gasteiger partial charge in [0.25, 0.3) is 5.91 Å². The van der Waals surface area contributed by atoms with E-state index in [0.717, 1.165) is 35.6 Å². The van der Waals surface area contributed by atoms with Gasteiger partial charge in [0, 0.05) is 35.3 Å². The Hall–Kier alpha value is -2.51. The molecule has 0 spiro atoms. The molecule has 0 bridgehead atoms. The summed E-state index contributed by atoms with van der Waals surface area (Å²) in [5, 5.41) is 10.6. The number of hydrogen-bond donors (Lipinski definition) is 1. The van der Waals surface area contributed by atoms with Crippen molar-refractivity contribution < 1.29 is 4.79 Å². The number of hydrogen-bond acceptors (Lipinski definition) is 5. The maximum absolute atomic E-state index is 13.3. The number of nitrogens with zero attached hydrogens (tertiary/aromatic N) is 4. The van der Waals surface area contributed by atoms with Crippen LogP contribution in [0.25, 0.3) is 16.3 Å². The summed E-state index contributed by atoms with van der Waals surface area (Å²) in [6.45, 7) is 7.30. The molecular weight excluding hydrogens is 382 g/mol. The highest BCUT2D eigenvalue weighted by Crippen LogP contribution is 2.27. The summed E-state index contributed by atoms with van der Waals surface area (Å²) in [6.07, 6.45) is 5.71. The number of nitrogens with one attached hydrogen (secondary N) is 1. The number of piperidine rings is 1. The topological polar surface area (TPSA) is 63.1 Å². The lowest BCUT2D eigenvalue weighted by atomic mass is 9.97. The maximum atomic E-state index is 13.3. The average Bonchev–Trinajstić information content (AvgIpc) is 3.38. The molecule has 7 heteroatoms. The first-order chi connectivity index (χ1) is 14.0. The van der Waals surface area contributed by atoms with E-state index in [1.165, 1.54) is 11.3 Å². The average molecular weight is 410 g/mol. The van der Waals surface area contributed by atoms with E-state index in [4.69, 9.17) is 0 Å². The third-order valence-corrected chi connectivity index (χ3v) is 6.25. The fourth-order valence-corrected chi connectivity index (χ4v) is 4.74. The van der Waals surface area contributed by atoms with Crippen LogP contribution in [0, 0.1) is 0 Å². The normalized spacial score (nSPS) is 19.4. The van der Waals surface area contributed by atoms with Gasteiger partial charge in [-0.05, 0) is 52.3 Å². The Labute approximate surface area is 175 Å². The number of thiazole rings is 1. The summed E-state index contributed by atoms with van der Waals surface area (Å²) in [5.41, 5.74) is 2.44. The number of amides is 1. The SMILES string of the molecule is CC1CC(N(C(=O)c2csc(-c3cnn(-c4ccccc4)c3)n2)C(C)C)CCN1. The summed E-state index contributed by atoms with van der Waals surface area (Å²) in [7, 11) is 0. The van der Waals surface area contributed by atoms with Crippen LogP contribution in [0.4, 0.5) is 0 Å². The van der Waals surface area contributed by atoms with Crippen molar-refractivity contribution >= 4 is 17.2 Å². The Morgan fingerprint density at radius 2 is 2.10 bits per heavy atom. The third-order valence-electron chi connectivity index (χ3n) is 5.35. The second-order valence-electron chi connectivity index (χ2n) is 7.89. The molecule has 6 nitrogen and oxygen atoms in total. The summed E-state index contributed by atoms with van der Waals surface area (Å²) < 4.78 is 1.83. The van der Waals surface area contributed by atoms with Gasteiger partial charge in [-0.1, -0.05) is 18.2 Å². The molecule has 1 amide bonds. The van der Waals surface area contributed by atoms with E-state index >= 15 is 0 Å². The lowest BCUT2D eigenvalue weighted by Crippen LogP contribution is -2.51. The van der Waals surface area contributed by atoms with E-state index < -0.39 is 0 Å². The van der Waals surface area contributed by atoms with Gasteiger partial charge in [-0.15, -0.1) is 11.3 Å². The predicted molar refractivity (Wildman–Crippen MR) is 116 cm³/mol. The fourth-order valence-electron chi connectivity index (χ4n) is 3.97. The van der Waals surface area contributed by atoms with Crippen LogP contribution in [0.1, 0.15) is 44.1 Å². The molecule has 4 rings (SSSR count). The first kappa shape index (κ1) is 19.8. The first-order valence-electron chi connectivity index (χ1n) is 10.1. The molecule has 1 aromatic carbocycles. The molecule has 1 saturated heterocycles. The van der Waals surface area contributed by atoms with Crippen molar-refractivity contribution in [3.05, 3.63) is 53.8 Å². The van der Waals surface area contributed by atoms with Crippen molar-refractivity contribution in [2.75, 3.05) is 6.54 Å². The number of carbonyl (C=O) groups is 1. The Morgan fingerprint density at radius 1 is 1.31 bits per heavy atom. The van der Waals surface area contributed by atoms with Gasteiger partial charge in [-0.25, -0.2) is 9.67 Å².